The Morgan fingerprint density at radius 2 is 1.41 bits per heavy atom. The standard InChI is InChI=1S/C22H41NO11/c1-3-4-5-6-7-8-9-31-21-15(23-12(2)26)20(17(28)14(11-25)32-21)34-22-19(30)18(29)16(27)13(10-24)33-22/h13-22,24-25,27-30H,3-11H2,1-2H3,(H,23,26)/t13-,14-,15-,16-,17-,18+,19-,20-,21+,22+/m0/s1. The molecule has 200 valence electrons. The van der Waals surface area contributed by atoms with Crippen LogP contribution in [0.25, 0.3) is 0 Å². The van der Waals surface area contributed by atoms with E-state index in [1.165, 1.54) is 13.3 Å². The number of rotatable bonds is 13. The molecule has 1 amide bonds. The van der Waals surface area contributed by atoms with Crippen LogP contribution in [-0.4, -0.2) is 118 Å². The SMILES string of the molecule is CCCCCCCCO[C@@H]1O[C@@H](CO)[C@H](O)[C@@H](O[C@H]2O[C@@H](CO)[C@H](O)[C@@H](O)[C@@H]2O)[C@@H]1NC(C)=O. The zero-order valence-corrected chi connectivity index (χ0v) is 19.9. The van der Waals surface area contributed by atoms with Crippen LogP contribution in [0.15, 0.2) is 0 Å². The quantitative estimate of drug-likeness (QED) is 0.142. The van der Waals surface area contributed by atoms with E-state index in [0.717, 1.165) is 32.1 Å². The summed E-state index contributed by atoms with van der Waals surface area (Å²) in [6, 6.07) is -1.04. The van der Waals surface area contributed by atoms with E-state index in [0.29, 0.717) is 6.61 Å². The van der Waals surface area contributed by atoms with Crippen LogP contribution in [0.5, 0.6) is 0 Å². The summed E-state index contributed by atoms with van der Waals surface area (Å²) in [5.74, 6) is -0.459. The van der Waals surface area contributed by atoms with Gasteiger partial charge in [0.05, 0.1) is 13.2 Å². The minimum atomic E-state index is -1.71. The Balaban J connectivity index is 2.12. The van der Waals surface area contributed by atoms with Crippen molar-refractivity contribution in [3.63, 3.8) is 0 Å². The van der Waals surface area contributed by atoms with E-state index in [1.54, 1.807) is 0 Å². The third kappa shape index (κ3) is 7.79. The summed E-state index contributed by atoms with van der Waals surface area (Å²) in [7, 11) is 0. The summed E-state index contributed by atoms with van der Waals surface area (Å²) < 4.78 is 22.7. The number of carbonyl (C=O) groups excluding carboxylic acids is 1. The maximum Gasteiger partial charge on any atom is 0.217 e. The average Bonchev–Trinajstić information content (AvgIpc) is 2.81. The van der Waals surface area contributed by atoms with Crippen molar-refractivity contribution in [2.24, 2.45) is 0 Å². The highest BCUT2D eigenvalue weighted by Gasteiger charge is 2.51. The smallest absolute Gasteiger partial charge is 0.217 e. The van der Waals surface area contributed by atoms with E-state index in [1.807, 2.05) is 0 Å². The highest BCUT2D eigenvalue weighted by atomic mass is 16.7. The van der Waals surface area contributed by atoms with Crippen molar-refractivity contribution in [2.45, 2.75) is 114 Å². The van der Waals surface area contributed by atoms with E-state index in [2.05, 4.69) is 12.2 Å². The molecule has 0 bridgehead atoms. The summed E-state index contributed by atoms with van der Waals surface area (Å²) >= 11 is 0. The molecule has 0 radical (unpaired) electrons. The van der Waals surface area contributed by atoms with Crippen LogP contribution in [-0.2, 0) is 23.7 Å². The molecule has 0 aliphatic carbocycles. The fraction of sp³-hybridized carbons (Fsp3) is 0.955. The first-order chi connectivity index (χ1) is 16.2. The fourth-order valence-corrected chi connectivity index (χ4v) is 4.18. The zero-order chi connectivity index (χ0) is 25.3. The summed E-state index contributed by atoms with van der Waals surface area (Å²) in [6.07, 6.45) is -6.43. The lowest BCUT2D eigenvalue weighted by atomic mass is 9.95. The topological polar surface area (TPSA) is 187 Å². The molecule has 12 nitrogen and oxygen atoms in total. The van der Waals surface area contributed by atoms with Crippen LogP contribution in [0.2, 0.25) is 0 Å². The second-order valence-corrected chi connectivity index (χ2v) is 8.88. The third-order valence-corrected chi connectivity index (χ3v) is 6.14. The number of aliphatic hydroxyl groups is 6. The Kier molecular flexibility index (Phi) is 12.6. The second-order valence-electron chi connectivity index (χ2n) is 8.88. The number of unbranched alkanes of at least 4 members (excludes halogenated alkanes) is 5. The van der Waals surface area contributed by atoms with Gasteiger partial charge < -0.3 is 54.9 Å². The van der Waals surface area contributed by atoms with Gasteiger partial charge in [0, 0.05) is 13.5 Å². The van der Waals surface area contributed by atoms with Gasteiger partial charge in [-0.05, 0) is 6.42 Å². The van der Waals surface area contributed by atoms with Crippen LogP contribution in [0.3, 0.4) is 0 Å². The van der Waals surface area contributed by atoms with E-state index in [9.17, 15) is 35.4 Å². The molecule has 0 unspecified atom stereocenters. The minimum Gasteiger partial charge on any atom is -0.394 e. The lowest BCUT2D eigenvalue weighted by molar-refractivity contribution is -0.344. The first-order valence-corrected chi connectivity index (χ1v) is 12.0. The fourth-order valence-electron chi connectivity index (χ4n) is 4.18. The Hall–Kier alpha value is -0.930. The van der Waals surface area contributed by atoms with Crippen molar-refractivity contribution in [1.29, 1.82) is 0 Å². The van der Waals surface area contributed by atoms with Gasteiger partial charge in [-0.25, -0.2) is 0 Å². The average molecular weight is 496 g/mol. The van der Waals surface area contributed by atoms with Crippen molar-refractivity contribution in [3.8, 4) is 0 Å². The van der Waals surface area contributed by atoms with E-state index in [-0.39, 0.29) is 0 Å². The van der Waals surface area contributed by atoms with Gasteiger partial charge in [0.15, 0.2) is 12.6 Å². The summed E-state index contributed by atoms with van der Waals surface area (Å²) in [5, 5.41) is 62.9. The summed E-state index contributed by atoms with van der Waals surface area (Å²) in [6.45, 7) is 2.49. The maximum atomic E-state index is 11.9. The largest absolute Gasteiger partial charge is 0.394 e. The molecule has 12 heteroatoms. The van der Waals surface area contributed by atoms with Gasteiger partial charge in [0.1, 0.15) is 48.8 Å². The Morgan fingerprint density at radius 1 is 0.824 bits per heavy atom. The van der Waals surface area contributed by atoms with Gasteiger partial charge >= 0.3 is 0 Å². The highest BCUT2D eigenvalue weighted by molar-refractivity contribution is 5.73. The molecular formula is C22H41NO11. The first kappa shape index (κ1) is 29.3. The Labute approximate surface area is 199 Å². The first-order valence-electron chi connectivity index (χ1n) is 12.0. The molecule has 2 rings (SSSR count). The molecule has 0 spiro atoms. The molecule has 7 N–H and O–H groups in total. The third-order valence-electron chi connectivity index (χ3n) is 6.14. The van der Waals surface area contributed by atoms with Crippen molar-refractivity contribution in [1.82, 2.24) is 5.32 Å². The molecule has 0 aromatic rings. The number of nitrogens with one attached hydrogen (secondary N) is 1. The van der Waals surface area contributed by atoms with Crippen molar-refractivity contribution in [3.05, 3.63) is 0 Å². The molecule has 0 saturated carbocycles. The number of aliphatic hydroxyl groups excluding tert-OH is 6. The molecule has 34 heavy (non-hydrogen) atoms. The lowest BCUT2D eigenvalue weighted by Crippen LogP contribution is -2.68. The van der Waals surface area contributed by atoms with Crippen LogP contribution in [0.1, 0.15) is 52.4 Å². The van der Waals surface area contributed by atoms with Crippen LogP contribution in [0.4, 0.5) is 0 Å². The zero-order valence-electron chi connectivity index (χ0n) is 19.9. The van der Waals surface area contributed by atoms with Gasteiger partial charge in [0.25, 0.3) is 0 Å². The highest BCUT2D eigenvalue weighted by Crippen LogP contribution is 2.29. The number of amides is 1. The van der Waals surface area contributed by atoms with Crippen molar-refractivity contribution in [2.75, 3.05) is 19.8 Å². The predicted molar refractivity (Wildman–Crippen MR) is 117 cm³/mol. The van der Waals surface area contributed by atoms with Crippen molar-refractivity contribution < 1.29 is 54.4 Å². The molecule has 0 aromatic heterocycles. The molecule has 2 fully saturated rings. The Morgan fingerprint density at radius 3 is 2.03 bits per heavy atom. The normalized spacial score (nSPS) is 38.6. The molecular weight excluding hydrogens is 454 g/mol. The number of hydrogen-bond donors (Lipinski definition) is 7. The molecule has 10 atom stereocenters. The van der Waals surface area contributed by atoms with E-state index < -0.39 is 80.5 Å². The maximum absolute atomic E-state index is 11.9. The molecule has 2 saturated heterocycles. The monoisotopic (exact) mass is 495 g/mol. The van der Waals surface area contributed by atoms with Gasteiger partial charge in [-0.1, -0.05) is 39.0 Å². The summed E-state index contributed by atoms with van der Waals surface area (Å²) in [4.78, 5) is 11.9. The molecule has 2 aliphatic heterocycles. The van der Waals surface area contributed by atoms with E-state index in [4.69, 9.17) is 18.9 Å². The van der Waals surface area contributed by atoms with Gasteiger partial charge in [-0.15, -0.1) is 0 Å². The van der Waals surface area contributed by atoms with Crippen LogP contribution >= 0.6 is 0 Å². The van der Waals surface area contributed by atoms with Gasteiger partial charge in [0.2, 0.25) is 5.91 Å². The molecule has 2 heterocycles. The van der Waals surface area contributed by atoms with Gasteiger partial charge in [-0.3, -0.25) is 4.79 Å². The lowest BCUT2D eigenvalue weighted by Gasteiger charge is -2.47. The van der Waals surface area contributed by atoms with Gasteiger partial charge in [-0.2, -0.15) is 0 Å². The summed E-state index contributed by atoms with van der Waals surface area (Å²) in [5.41, 5.74) is 0. The van der Waals surface area contributed by atoms with Crippen molar-refractivity contribution >= 4 is 5.91 Å². The predicted octanol–water partition coefficient (Wildman–Crippen LogP) is -1.87. The van der Waals surface area contributed by atoms with Crippen LogP contribution in [0, 0.1) is 0 Å². The number of carbonyl (C=O) groups is 1. The molecule has 2 aliphatic rings. The minimum absolute atomic E-state index is 0.313. The van der Waals surface area contributed by atoms with E-state index >= 15 is 0 Å². The number of hydrogen-bond acceptors (Lipinski definition) is 11. The molecule has 0 aromatic carbocycles. The van der Waals surface area contributed by atoms with Crippen LogP contribution < -0.4 is 5.32 Å². The second kappa shape index (κ2) is 14.6. The Bertz CT molecular complexity index is 595. The number of ether oxygens (including phenoxy) is 4.